The molecule has 0 rings (SSSR count). The molecule has 262 valence electrons. The van der Waals surface area contributed by atoms with Gasteiger partial charge in [0.25, 0.3) is 0 Å². The van der Waals surface area contributed by atoms with Crippen molar-refractivity contribution in [1.82, 2.24) is 4.90 Å². The molecule has 1 nitrogen and oxygen atoms in total. The molecule has 0 aliphatic heterocycles. The summed E-state index contributed by atoms with van der Waals surface area (Å²) in [7, 11) is 2.35. The van der Waals surface area contributed by atoms with E-state index in [1.54, 1.807) is 0 Å². The number of nitrogens with zero attached hydrogens (tertiary/aromatic N) is 1. The van der Waals surface area contributed by atoms with E-state index in [1.807, 2.05) is 0 Å². The Morgan fingerprint density at radius 3 is 0.535 bits per heavy atom. The first-order valence-corrected chi connectivity index (χ1v) is 20.5. The molecule has 0 N–H and O–H groups in total. The van der Waals surface area contributed by atoms with Crippen LogP contribution in [0.25, 0.3) is 0 Å². The lowest BCUT2D eigenvalue weighted by molar-refractivity contribution is 0.314. The van der Waals surface area contributed by atoms with E-state index in [0.29, 0.717) is 0 Å². The Morgan fingerprint density at radius 2 is 0.372 bits per heavy atom. The Balaban J connectivity index is 0. The van der Waals surface area contributed by atoms with E-state index in [-0.39, 0.29) is 12.4 Å². The van der Waals surface area contributed by atoms with E-state index in [1.165, 1.54) is 244 Å². The van der Waals surface area contributed by atoms with Gasteiger partial charge in [0.2, 0.25) is 0 Å². The average molecular weight is 629 g/mol. The molecule has 0 amide bonds. The van der Waals surface area contributed by atoms with E-state index in [0.717, 1.165) is 0 Å². The van der Waals surface area contributed by atoms with Crippen LogP contribution in [-0.4, -0.2) is 25.0 Å². The molecule has 0 radical (unpaired) electrons. The molecule has 0 aromatic heterocycles. The quantitative estimate of drug-likeness (QED) is 0.0615. The highest BCUT2D eigenvalue weighted by atomic mass is 35.5. The first-order chi connectivity index (χ1) is 20.8. The lowest BCUT2D eigenvalue weighted by atomic mass is 10.0. The Labute approximate surface area is 281 Å². The first-order valence-electron chi connectivity index (χ1n) is 20.5. The molecule has 0 bridgehead atoms. The van der Waals surface area contributed by atoms with Crippen molar-refractivity contribution in [3.05, 3.63) is 0 Å². The van der Waals surface area contributed by atoms with Crippen LogP contribution in [0.1, 0.15) is 245 Å². The third-order valence-corrected chi connectivity index (χ3v) is 9.79. The lowest BCUT2D eigenvalue weighted by Crippen LogP contribution is -2.20. The van der Waals surface area contributed by atoms with Gasteiger partial charge in [-0.3, -0.25) is 0 Å². The zero-order valence-electron chi connectivity index (χ0n) is 30.7. The molecule has 0 saturated carbocycles. The van der Waals surface area contributed by atoms with Gasteiger partial charge in [-0.05, 0) is 33.0 Å². The SMILES string of the molecule is CCCCCCCCCCCCCCCCCCCCN(C)CCCCCCCCCCCCCCCCCCCC.Cl. The molecular weight excluding hydrogens is 542 g/mol. The summed E-state index contributed by atoms with van der Waals surface area (Å²) < 4.78 is 0. The van der Waals surface area contributed by atoms with Gasteiger partial charge in [-0.2, -0.15) is 0 Å². The maximum Gasteiger partial charge on any atom is -0.00218 e. The molecule has 0 aromatic rings. The number of hydrogen-bond acceptors (Lipinski definition) is 1. The molecule has 0 aliphatic carbocycles. The minimum absolute atomic E-state index is 0. The largest absolute Gasteiger partial charge is 0.306 e. The summed E-state index contributed by atoms with van der Waals surface area (Å²) in [6, 6.07) is 0. The summed E-state index contributed by atoms with van der Waals surface area (Å²) in [5.41, 5.74) is 0. The maximum absolute atomic E-state index is 2.60. The third-order valence-electron chi connectivity index (χ3n) is 9.79. The van der Waals surface area contributed by atoms with Gasteiger partial charge < -0.3 is 4.90 Å². The summed E-state index contributed by atoms with van der Waals surface area (Å²) in [5, 5.41) is 0. The highest BCUT2D eigenvalue weighted by molar-refractivity contribution is 5.85. The molecule has 0 aromatic carbocycles. The molecule has 0 heterocycles. The smallest absolute Gasteiger partial charge is 0.00218 e. The van der Waals surface area contributed by atoms with Gasteiger partial charge >= 0.3 is 0 Å². The van der Waals surface area contributed by atoms with Crippen molar-refractivity contribution < 1.29 is 0 Å². The maximum atomic E-state index is 2.60. The van der Waals surface area contributed by atoms with Crippen LogP contribution in [0.2, 0.25) is 0 Å². The Bertz CT molecular complexity index is 413. The van der Waals surface area contributed by atoms with E-state index < -0.39 is 0 Å². The van der Waals surface area contributed by atoms with Crippen molar-refractivity contribution in [2.45, 2.75) is 245 Å². The number of rotatable bonds is 38. The fraction of sp³-hybridized carbons (Fsp3) is 1.00. The molecule has 0 unspecified atom stereocenters. The minimum atomic E-state index is 0. The summed E-state index contributed by atoms with van der Waals surface area (Å²) in [5.74, 6) is 0. The Hall–Kier alpha value is 0.250. The second-order valence-electron chi connectivity index (χ2n) is 14.3. The fourth-order valence-electron chi connectivity index (χ4n) is 6.68. The van der Waals surface area contributed by atoms with Crippen LogP contribution in [0.5, 0.6) is 0 Å². The van der Waals surface area contributed by atoms with Crippen LogP contribution in [0.3, 0.4) is 0 Å². The van der Waals surface area contributed by atoms with Crippen LogP contribution >= 0.6 is 12.4 Å². The highest BCUT2D eigenvalue weighted by Gasteiger charge is 2.00. The van der Waals surface area contributed by atoms with Gasteiger partial charge in [-0.1, -0.05) is 232 Å². The van der Waals surface area contributed by atoms with Crippen molar-refractivity contribution in [3.63, 3.8) is 0 Å². The van der Waals surface area contributed by atoms with Crippen LogP contribution in [0, 0.1) is 0 Å². The van der Waals surface area contributed by atoms with E-state index in [4.69, 9.17) is 0 Å². The molecule has 2 heteroatoms. The Kier molecular flexibility index (Phi) is 44.6. The van der Waals surface area contributed by atoms with Crippen LogP contribution < -0.4 is 0 Å². The van der Waals surface area contributed by atoms with E-state index >= 15 is 0 Å². The normalized spacial score (nSPS) is 11.4. The molecular formula is C41H86ClN. The van der Waals surface area contributed by atoms with E-state index in [9.17, 15) is 0 Å². The highest BCUT2D eigenvalue weighted by Crippen LogP contribution is 2.16. The first kappa shape index (κ1) is 45.4. The van der Waals surface area contributed by atoms with Crippen LogP contribution in [0.15, 0.2) is 0 Å². The van der Waals surface area contributed by atoms with E-state index in [2.05, 4.69) is 25.8 Å². The fourth-order valence-corrected chi connectivity index (χ4v) is 6.68. The van der Waals surface area contributed by atoms with Crippen molar-refractivity contribution >= 4 is 12.4 Å². The van der Waals surface area contributed by atoms with Gasteiger partial charge in [0, 0.05) is 0 Å². The molecule has 0 atom stereocenters. The standard InChI is InChI=1S/C41H85N.ClH/c1-4-6-8-10-12-14-16-18-20-22-24-26-28-30-32-34-36-38-40-42(3)41-39-37-35-33-31-29-27-25-23-21-19-17-15-13-11-9-7-5-2;/h4-41H2,1-3H3;1H. The summed E-state index contributed by atoms with van der Waals surface area (Å²) in [4.78, 5) is 2.60. The molecule has 0 fully saturated rings. The second-order valence-corrected chi connectivity index (χ2v) is 14.3. The average Bonchev–Trinajstić information content (AvgIpc) is 3.00. The van der Waals surface area contributed by atoms with Crippen molar-refractivity contribution in [2.24, 2.45) is 0 Å². The van der Waals surface area contributed by atoms with Crippen LogP contribution in [0.4, 0.5) is 0 Å². The van der Waals surface area contributed by atoms with Crippen LogP contribution in [-0.2, 0) is 0 Å². The Morgan fingerprint density at radius 1 is 0.233 bits per heavy atom. The van der Waals surface area contributed by atoms with Crippen molar-refractivity contribution in [3.8, 4) is 0 Å². The molecule has 0 aliphatic rings. The molecule has 43 heavy (non-hydrogen) atoms. The monoisotopic (exact) mass is 628 g/mol. The topological polar surface area (TPSA) is 3.24 Å². The third kappa shape index (κ3) is 42.2. The van der Waals surface area contributed by atoms with Gasteiger partial charge in [0.15, 0.2) is 0 Å². The minimum Gasteiger partial charge on any atom is -0.306 e. The predicted octanol–water partition coefficient (Wildman–Crippen LogP) is 15.4. The van der Waals surface area contributed by atoms with Gasteiger partial charge in [-0.15, -0.1) is 12.4 Å². The van der Waals surface area contributed by atoms with Gasteiger partial charge in [0.1, 0.15) is 0 Å². The second kappa shape index (κ2) is 42.2. The lowest BCUT2D eigenvalue weighted by Gasteiger charge is -2.16. The van der Waals surface area contributed by atoms with Gasteiger partial charge in [0.05, 0.1) is 0 Å². The van der Waals surface area contributed by atoms with Crippen molar-refractivity contribution in [1.29, 1.82) is 0 Å². The number of halogens is 1. The summed E-state index contributed by atoms with van der Waals surface area (Å²) in [6.45, 7) is 7.25. The zero-order valence-corrected chi connectivity index (χ0v) is 31.5. The summed E-state index contributed by atoms with van der Waals surface area (Å²) in [6.07, 6.45) is 52.8. The van der Waals surface area contributed by atoms with Crippen molar-refractivity contribution in [2.75, 3.05) is 20.1 Å². The molecule has 0 saturated heterocycles. The predicted molar refractivity (Wildman–Crippen MR) is 202 cm³/mol. The van der Waals surface area contributed by atoms with Gasteiger partial charge in [-0.25, -0.2) is 0 Å². The number of unbranched alkanes of at least 4 members (excludes halogenated alkanes) is 34. The number of hydrogen-bond donors (Lipinski definition) is 0. The zero-order chi connectivity index (χ0) is 30.4. The molecule has 0 spiro atoms. The summed E-state index contributed by atoms with van der Waals surface area (Å²) >= 11 is 0.